The quantitative estimate of drug-likeness (QED) is 0.518. The van der Waals surface area contributed by atoms with Crippen molar-refractivity contribution in [3.05, 3.63) is 35.9 Å². The van der Waals surface area contributed by atoms with Crippen LogP contribution in [0.15, 0.2) is 24.5 Å². The Balaban J connectivity index is 1.50. The molecule has 8 nitrogen and oxygen atoms in total. The fourth-order valence-corrected chi connectivity index (χ4v) is 4.14. The molecule has 1 fully saturated rings. The highest BCUT2D eigenvalue weighted by molar-refractivity contribution is 5.99. The number of nitrogens with one attached hydrogen (secondary N) is 2. The molecule has 1 saturated carbocycles. The van der Waals surface area contributed by atoms with Gasteiger partial charge in [-0.2, -0.15) is 0 Å². The van der Waals surface area contributed by atoms with Crippen LogP contribution in [-0.4, -0.2) is 35.3 Å². The van der Waals surface area contributed by atoms with E-state index in [-0.39, 0.29) is 11.8 Å². The maximum atomic E-state index is 15.2. The second-order valence-corrected chi connectivity index (χ2v) is 8.32. The molecule has 0 bridgehead atoms. The number of anilines is 3. The van der Waals surface area contributed by atoms with Gasteiger partial charge < -0.3 is 20.5 Å². The highest BCUT2D eigenvalue weighted by Gasteiger charge is 2.30. The number of aromatic nitrogens is 2. The van der Waals surface area contributed by atoms with E-state index in [1.54, 1.807) is 18.3 Å². The molecule has 0 saturated heterocycles. The molecule has 1 aromatic carbocycles. The van der Waals surface area contributed by atoms with Gasteiger partial charge in [-0.1, -0.05) is 6.92 Å². The third kappa shape index (κ3) is 3.43. The summed E-state index contributed by atoms with van der Waals surface area (Å²) in [5.41, 5.74) is 8.60. The molecule has 9 heteroatoms. The average molecular weight is 437 g/mol. The van der Waals surface area contributed by atoms with Crippen molar-refractivity contribution in [3.8, 4) is 17.0 Å². The Hall–Kier alpha value is -3.62. The molecule has 0 radical (unpaired) electrons. The van der Waals surface area contributed by atoms with Crippen molar-refractivity contribution in [2.75, 3.05) is 29.5 Å². The van der Waals surface area contributed by atoms with E-state index in [1.807, 2.05) is 13.8 Å². The van der Waals surface area contributed by atoms with Crippen LogP contribution in [0.1, 0.15) is 25.3 Å². The minimum absolute atomic E-state index is 0.0104. The number of carbonyl (C=O) groups excluding carboxylic acids is 1. The highest BCUT2D eigenvalue weighted by Crippen LogP contribution is 2.39. The van der Waals surface area contributed by atoms with E-state index in [4.69, 9.17) is 15.2 Å². The van der Waals surface area contributed by atoms with Crippen molar-refractivity contribution in [2.45, 2.75) is 32.8 Å². The van der Waals surface area contributed by atoms with Gasteiger partial charge in [0.2, 0.25) is 5.88 Å². The van der Waals surface area contributed by atoms with Crippen LogP contribution < -0.4 is 21.1 Å². The van der Waals surface area contributed by atoms with Gasteiger partial charge in [0.25, 0.3) is 0 Å². The van der Waals surface area contributed by atoms with Crippen molar-refractivity contribution in [1.29, 1.82) is 0 Å². The number of carbonyl (C=O) groups is 1. The number of hydrogen-bond donors (Lipinski definition) is 3. The Morgan fingerprint density at radius 2 is 2.12 bits per heavy atom. The number of rotatable bonds is 3. The lowest BCUT2D eigenvalue weighted by atomic mass is 9.84. The molecule has 4 N–H and O–H groups in total. The molecule has 1 aliphatic carbocycles. The first-order chi connectivity index (χ1) is 15.4. The zero-order valence-electron chi connectivity index (χ0n) is 17.9. The first-order valence-corrected chi connectivity index (χ1v) is 10.6. The van der Waals surface area contributed by atoms with Gasteiger partial charge in [-0.25, -0.2) is 19.2 Å². The number of ether oxygens (including phenoxy) is 2. The van der Waals surface area contributed by atoms with Crippen molar-refractivity contribution in [3.63, 3.8) is 0 Å². The first-order valence-electron chi connectivity index (χ1n) is 10.6. The van der Waals surface area contributed by atoms with Crippen LogP contribution in [0.3, 0.4) is 0 Å². The Morgan fingerprint density at radius 3 is 2.88 bits per heavy atom. The topological polar surface area (TPSA) is 111 Å². The summed E-state index contributed by atoms with van der Waals surface area (Å²) < 4.78 is 26.2. The molecular formula is C23H24FN5O3. The highest BCUT2D eigenvalue weighted by atomic mass is 19.1. The maximum Gasteiger partial charge on any atom is 0.413 e. The molecule has 1 aliphatic heterocycles. The van der Waals surface area contributed by atoms with E-state index in [2.05, 4.69) is 20.6 Å². The van der Waals surface area contributed by atoms with Gasteiger partial charge in [-0.15, -0.1) is 0 Å². The van der Waals surface area contributed by atoms with Gasteiger partial charge >= 0.3 is 6.09 Å². The summed E-state index contributed by atoms with van der Waals surface area (Å²) in [4.78, 5) is 20.7. The largest absolute Gasteiger partial charge is 0.474 e. The molecule has 0 spiro atoms. The molecule has 2 aromatic heterocycles. The van der Waals surface area contributed by atoms with Crippen LogP contribution in [0.25, 0.3) is 21.9 Å². The second-order valence-electron chi connectivity index (χ2n) is 8.32. The number of halogens is 1. The van der Waals surface area contributed by atoms with E-state index < -0.39 is 11.9 Å². The number of nitrogens with two attached hydrogens (primary N) is 1. The van der Waals surface area contributed by atoms with Crippen molar-refractivity contribution in [1.82, 2.24) is 9.97 Å². The summed E-state index contributed by atoms with van der Waals surface area (Å²) in [5, 5.41) is 7.01. The van der Waals surface area contributed by atoms with E-state index in [0.29, 0.717) is 52.7 Å². The van der Waals surface area contributed by atoms with Gasteiger partial charge in [0, 0.05) is 35.5 Å². The van der Waals surface area contributed by atoms with E-state index in [0.717, 1.165) is 24.1 Å². The standard InChI is InChI=1S/C23H24FN5O3/c1-11-3-4-17(11)32-23(30)29-18-8-13-7-14(19(24)20(25)16(13)10-27-18)15-9-28-22-21(12(15)2)26-5-6-31-22/h7-11,17,26H,3-6,25H2,1-2H3,(H,27,29,30)/t11-,17-/m1/s1. The normalized spacial score (nSPS) is 19.3. The van der Waals surface area contributed by atoms with Crippen molar-refractivity contribution in [2.24, 2.45) is 5.92 Å². The summed E-state index contributed by atoms with van der Waals surface area (Å²) in [6.07, 6.45) is 4.34. The van der Waals surface area contributed by atoms with Crippen LogP contribution >= 0.6 is 0 Å². The lowest BCUT2D eigenvalue weighted by Crippen LogP contribution is -2.35. The number of benzene rings is 1. The van der Waals surface area contributed by atoms with Crippen LogP contribution in [-0.2, 0) is 4.74 Å². The van der Waals surface area contributed by atoms with Crippen LogP contribution in [0.5, 0.6) is 5.88 Å². The summed E-state index contributed by atoms with van der Waals surface area (Å²) in [6.45, 7) is 5.11. The lowest BCUT2D eigenvalue weighted by molar-refractivity contribution is 0.0172. The molecular weight excluding hydrogens is 413 g/mol. The molecule has 166 valence electrons. The Morgan fingerprint density at radius 1 is 1.28 bits per heavy atom. The lowest BCUT2D eigenvalue weighted by Gasteiger charge is -2.32. The van der Waals surface area contributed by atoms with Crippen LogP contribution in [0.2, 0.25) is 0 Å². The predicted octanol–water partition coefficient (Wildman–Crippen LogP) is 4.48. The number of nitrogen functional groups attached to an aromatic ring is 1. The average Bonchev–Trinajstić information content (AvgIpc) is 2.79. The maximum absolute atomic E-state index is 15.2. The summed E-state index contributed by atoms with van der Waals surface area (Å²) in [6, 6.07) is 3.34. The Labute approximate surface area is 184 Å². The molecule has 0 unspecified atom stereocenters. The Bertz CT molecular complexity index is 1230. The van der Waals surface area contributed by atoms with E-state index in [1.165, 1.54) is 6.20 Å². The van der Waals surface area contributed by atoms with Gasteiger partial charge in [0.1, 0.15) is 24.2 Å². The molecule has 1 amide bonds. The summed E-state index contributed by atoms with van der Waals surface area (Å²) in [7, 11) is 0. The number of pyridine rings is 2. The summed E-state index contributed by atoms with van der Waals surface area (Å²) >= 11 is 0. The zero-order valence-corrected chi connectivity index (χ0v) is 17.9. The third-order valence-corrected chi connectivity index (χ3v) is 6.27. The minimum atomic E-state index is -0.551. The first kappa shape index (κ1) is 20.3. The van der Waals surface area contributed by atoms with Gasteiger partial charge in [-0.05, 0) is 48.8 Å². The number of fused-ring (bicyclic) bond motifs is 2. The van der Waals surface area contributed by atoms with E-state index >= 15 is 4.39 Å². The van der Waals surface area contributed by atoms with Crippen molar-refractivity contribution >= 4 is 34.1 Å². The van der Waals surface area contributed by atoms with Gasteiger partial charge in [-0.3, -0.25) is 5.32 Å². The molecule has 5 rings (SSSR count). The molecule has 32 heavy (non-hydrogen) atoms. The molecule has 2 atom stereocenters. The SMILES string of the molecule is Cc1c(-c2cc3cc(NC(=O)O[C@@H]4CC[C@H]4C)ncc3c(N)c2F)cnc2c1NCCO2. The minimum Gasteiger partial charge on any atom is -0.474 e. The van der Waals surface area contributed by atoms with Gasteiger partial charge in [0.15, 0.2) is 5.82 Å². The summed E-state index contributed by atoms with van der Waals surface area (Å²) in [5.74, 6) is 0.632. The molecule has 3 aromatic rings. The van der Waals surface area contributed by atoms with E-state index in [9.17, 15) is 4.79 Å². The fraction of sp³-hybridized carbons (Fsp3) is 0.348. The fourth-order valence-electron chi connectivity index (χ4n) is 4.14. The van der Waals surface area contributed by atoms with Crippen LogP contribution in [0, 0.1) is 18.7 Å². The molecule has 3 heterocycles. The van der Waals surface area contributed by atoms with Crippen LogP contribution in [0.4, 0.5) is 26.4 Å². The van der Waals surface area contributed by atoms with Crippen molar-refractivity contribution < 1.29 is 18.7 Å². The molecule has 2 aliphatic rings. The smallest absolute Gasteiger partial charge is 0.413 e. The third-order valence-electron chi connectivity index (χ3n) is 6.27. The number of hydrogen-bond acceptors (Lipinski definition) is 7. The van der Waals surface area contributed by atoms with Gasteiger partial charge in [0.05, 0.1) is 5.69 Å². The number of amides is 1. The number of nitrogens with zero attached hydrogens (tertiary/aromatic N) is 2. The monoisotopic (exact) mass is 437 g/mol. The zero-order chi connectivity index (χ0) is 22.4. The second kappa shape index (κ2) is 7.81. The Kier molecular flexibility index (Phi) is 4.96. The predicted molar refractivity (Wildman–Crippen MR) is 120 cm³/mol.